The van der Waals surface area contributed by atoms with E-state index in [0.717, 1.165) is 70.0 Å². The molecule has 10 heteroatoms. The fraction of sp³-hybridized carbons (Fsp3) is 0.357. The second kappa shape index (κ2) is 9.20. The van der Waals surface area contributed by atoms with E-state index in [9.17, 15) is 13.2 Å². The maximum atomic E-state index is 13.5. The van der Waals surface area contributed by atoms with Gasteiger partial charge in [-0.15, -0.1) is 0 Å². The van der Waals surface area contributed by atoms with Gasteiger partial charge in [-0.2, -0.15) is 5.10 Å². The van der Waals surface area contributed by atoms with Gasteiger partial charge in [-0.1, -0.05) is 12.1 Å². The lowest BCUT2D eigenvalue weighted by Crippen LogP contribution is -2.30. The smallest absolute Gasteiger partial charge is 0.293 e. The van der Waals surface area contributed by atoms with Gasteiger partial charge in [-0.25, -0.2) is 13.2 Å². The quantitative estimate of drug-likeness (QED) is 0.338. The minimum atomic E-state index is -3.01. The highest BCUT2D eigenvalue weighted by Crippen LogP contribution is 2.36. The molecular formula is C28H30N6O3S. The summed E-state index contributed by atoms with van der Waals surface area (Å²) >= 11 is 0. The Kier molecular flexibility index (Phi) is 5.94. The molecule has 0 unspecified atom stereocenters. The maximum absolute atomic E-state index is 13.5. The van der Waals surface area contributed by atoms with Crippen molar-refractivity contribution < 1.29 is 8.42 Å². The van der Waals surface area contributed by atoms with Crippen LogP contribution in [0.5, 0.6) is 0 Å². The normalized spacial score (nSPS) is 18.4. The predicted octanol–water partition coefficient (Wildman–Crippen LogP) is 4.13. The number of rotatable bonds is 5. The highest BCUT2D eigenvalue weighted by Gasteiger charge is 2.28. The number of nitrogens with zero attached hydrogens (tertiary/aromatic N) is 6. The van der Waals surface area contributed by atoms with Crippen molar-refractivity contribution >= 4 is 31.8 Å². The van der Waals surface area contributed by atoms with Gasteiger partial charge in [0, 0.05) is 55.3 Å². The topological polar surface area (TPSA) is 105 Å². The Labute approximate surface area is 220 Å². The van der Waals surface area contributed by atoms with Crippen LogP contribution in [0.25, 0.3) is 44.3 Å². The van der Waals surface area contributed by atoms with E-state index >= 15 is 0 Å². The summed E-state index contributed by atoms with van der Waals surface area (Å²) in [5.74, 6) is 0.368. The van der Waals surface area contributed by atoms with Crippen LogP contribution in [0.3, 0.4) is 0 Å². The number of aryl methyl sites for hydroxylation is 2. The van der Waals surface area contributed by atoms with E-state index in [0.29, 0.717) is 0 Å². The molecule has 196 valence electrons. The first kappa shape index (κ1) is 24.5. The summed E-state index contributed by atoms with van der Waals surface area (Å²) in [6.45, 7) is 0. The highest BCUT2D eigenvalue weighted by atomic mass is 32.2. The van der Waals surface area contributed by atoms with Crippen LogP contribution >= 0.6 is 0 Å². The largest absolute Gasteiger partial charge is 0.329 e. The molecule has 1 aromatic carbocycles. The van der Waals surface area contributed by atoms with Crippen molar-refractivity contribution in [3.05, 3.63) is 65.6 Å². The molecule has 4 heterocycles. The summed E-state index contributed by atoms with van der Waals surface area (Å²) in [5, 5.41) is 5.15. The van der Waals surface area contributed by atoms with Gasteiger partial charge >= 0.3 is 5.69 Å². The van der Waals surface area contributed by atoms with Crippen molar-refractivity contribution in [2.75, 3.05) is 12.0 Å². The first-order valence-corrected chi connectivity index (χ1v) is 14.9. The number of benzene rings is 1. The first-order valence-electron chi connectivity index (χ1n) is 12.8. The lowest BCUT2D eigenvalue weighted by atomic mass is 9.87. The maximum Gasteiger partial charge on any atom is 0.329 e. The van der Waals surface area contributed by atoms with Crippen LogP contribution in [0.2, 0.25) is 0 Å². The minimum absolute atomic E-state index is 0.0247. The molecule has 1 aliphatic carbocycles. The summed E-state index contributed by atoms with van der Waals surface area (Å²) in [4.78, 5) is 22.8. The van der Waals surface area contributed by atoms with E-state index in [1.165, 1.54) is 6.26 Å². The molecule has 0 spiro atoms. The summed E-state index contributed by atoms with van der Waals surface area (Å²) < 4.78 is 28.9. The van der Waals surface area contributed by atoms with E-state index in [1.807, 2.05) is 48.3 Å². The van der Waals surface area contributed by atoms with Gasteiger partial charge < -0.3 is 0 Å². The monoisotopic (exact) mass is 530 g/mol. The van der Waals surface area contributed by atoms with E-state index in [1.54, 1.807) is 28.7 Å². The van der Waals surface area contributed by atoms with Crippen molar-refractivity contribution in [1.29, 1.82) is 0 Å². The van der Waals surface area contributed by atoms with Crippen molar-refractivity contribution in [3.63, 3.8) is 0 Å². The highest BCUT2D eigenvalue weighted by molar-refractivity contribution is 7.90. The average molecular weight is 531 g/mol. The van der Waals surface area contributed by atoms with Gasteiger partial charge in [0.25, 0.3) is 0 Å². The Morgan fingerprint density at radius 3 is 2.34 bits per heavy atom. The predicted molar refractivity (Wildman–Crippen MR) is 149 cm³/mol. The van der Waals surface area contributed by atoms with E-state index in [4.69, 9.17) is 0 Å². The van der Waals surface area contributed by atoms with Crippen molar-refractivity contribution in [1.82, 2.24) is 28.9 Å². The third-order valence-corrected chi connectivity index (χ3v) is 8.81. The molecule has 0 saturated heterocycles. The van der Waals surface area contributed by atoms with Gasteiger partial charge in [-0.3, -0.25) is 23.8 Å². The number of hydrogen-bond donors (Lipinski definition) is 0. The Bertz CT molecular complexity index is 1820. The fourth-order valence-electron chi connectivity index (χ4n) is 5.83. The average Bonchev–Trinajstić information content (AvgIpc) is 3.44. The number of hydrogen-bond acceptors (Lipinski definition) is 6. The number of sulfone groups is 1. The molecule has 0 atom stereocenters. The molecule has 0 bridgehead atoms. The third kappa shape index (κ3) is 4.42. The van der Waals surface area contributed by atoms with Crippen LogP contribution in [0.15, 0.2) is 59.9 Å². The van der Waals surface area contributed by atoms with Gasteiger partial charge in [0.15, 0.2) is 0 Å². The molecule has 1 fully saturated rings. The Balaban J connectivity index is 1.40. The van der Waals surface area contributed by atoms with E-state index in [2.05, 4.69) is 21.1 Å². The van der Waals surface area contributed by atoms with Crippen molar-refractivity contribution in [3.8, 4) is 22.4 Å². The van der Waals surface area contributed by atoms with Crippen LogP contribution in [0.4, 0.5) is 0 Å². The second-order valence-corrected chi connectivity index (χ2v) is 12.7. The first-order chi connectivity index (χ1) is 18.2. The summed E-state index contributed by atoms with van der Waals surface area (Å²) in [6.07, 6.45) is 11.8. The molecular weight excluding hydrogens is 500 g/mol. The fourth-order valence-corrected chi connectivity index (χ4v) is 7.02. The zero-order chi connectivity index (χ0) is 26.6. The number of fused-ring (bicyclic) bond motifs is 3. The molecule has 0 radical (unpaired) electrons. The molecule has 9 nitrogen and oxygen atoms in total. The van der Waals surface area contributed by atoms with Gasteiger partial charge in [0.1, 0.15) is 9.84 Å². The van der Waals surface area contributed by atoms with Crippen LogP contribution in [-0.4, -0.2) is 49.3 Å². The molecule has 0 aliphatic heterocycles. The summed E-state index contributed by atoms with van der Waals surface area (Å²) in [6, 6.07) is 10.2. The summed E-state index contributed by atoms with van der Waals surface area (Å²) in [5.41, 5.74) is 6.23. The van der Waals surface area contributed by atoms with Crippen molar-refractivity contribution in [2.24, 2.45) is 20.0 Å². The zero-order valence-corrected chi connectivity index (χ0v) is 22.5. The van der Waals surface area contributed by atoms with Crippen LogP contribution in [0, 0.1) is 5.92 Å². The second-order valence-electron chi connectivity index (χ2n) is 10.5. The lowest BCUT2D eigenvalue weighted by Gasteiger charge is -2.29. The molecule has 0 amide bonds. The minimum Gasteiger partial charge on any atom is -0.293 e. The van der Waals surface area contributed by atoms with Gasteiger partial charge in [-0.05, 0) is 55.4 Å². The Hall–Kier alpha value is -3.79. The Morgan fingerprint density at radius 2 is 1.68 bits per heavy atom. The standard InChI is InChI=1S/C28H30N6O3S/c1-32-16-21(14-31-32)24-10-7-20(13-29-24)19-6-11-25-23(12-19)27-26(15-30-25)33(2)28(35)34(27)22-8-4-18(5-9-22)17-38(3,36)37/h6-7,10-16,18,22H,4-5,8-9,17H2,1-3H3. The number of aromatic nitrogens is 6. The summed E-state index contributed by atoms with van der Waals surface area (Å²) in [7, 11) is 0.655. The number of pyridine rings is 2. The number of imidazole rings is 1. The van der Waals surface area contributed by atoms with Crippen LogP contribution < -0.4 is 5.69 Å². The SMILES string of the molecule is Cn1cc(-c2ccc(-c3ccc4ncc5c(c4c3)n(C3CCC(CS(C)(=O)=O)CC3)c(=O)n5C)cn2)cn1. The van der Waals surface area contributed by atoms with Crippen LogP contribution in [0.1, 0.15) is 31.7 Å². The van der Waals surface area contributed by atoms with Gasteiger partial charge in [0.2, 0.25) is 0 Å². The molecule has 38 heavy (non-hydrogen) atoms. The molecule has 4 aromatic heterocycles. The third-order valence-electron chi connectivity index (χ3n) is 7.73. The Morgan fingerprint density at radius 1 is 0.921 bits per heavy atom. The molecule has 6 rings (SSSR count). The lowest BCUT2D eigenvalue weighted by molar-refractivity contribution is 0.290. The molecule has 5 aromatic rings. The molecule has 1 aliphatic rings. The van der Waals surface area contributed by atoms with E-state index in [-0.39, 0.29) is 23.4 Å². The van der Waals surface area contributed by atoms with Crippen molar-refractivity contribution in [2.45, 2.75) is 31.7 Å². The molecule has 0 N–H and O–H groups in total. The zero-order valence-electron chi connectivity index (χ0n) is 21.7. The molecule has 1 saturated carbocycles. The van der Waals surface area contributed by atoms with Gasteiger partial charge in [0.05, 0.1) is 40.4 Å². The van der Waals surface area contributed by atoms with Crippen LogP contribution in [-0.2, 0) is 23.9 Å². The van der Waals surface area contributed by atoms with E-state index < -0.39 is 9.84 Å².